The molecule has 0 bridgehead atoms. The van der Waals surface area contributed by atoms with Crippen LogP contribution < -0.4 is 5.32 Å². The van der Waals surface area contributed by atoms with Crippen LogP contribution in [0.3, 0.4) is 0 Å². The fourth-order valence-corrected chi connectivity index (χ4v) is 2.01. The highest BCUT2D eigenvalue weighted by atomic mass is 32.1. The van der Waals surface area contributed by atoms with E-state index in [2.05, 4.69) is 5.32 Å². The molecule has 108 valence electrons. The summed E-state index contributed by atoms with van der Waals surface area (Å²) in [5, 5.41) is 30.9. The van der Waals surface area contributed by atoms with Gasteiger partial charge in [-0.05, 0) is 6.42 Å². The molecular weight excluding hydrogens is 292 g/mol. The minimum absolute atomic E-state index is 0.0386. The number of rotatable bonds is 7. The molecule has 0 saturated heterocycles. The Balaban J connectivity index is 2.72. The maximum absolute atomic E-state index is 11.7. The van der Waals surface area contributed by atoms with Crippen LogP contribution in [0.15, 0.2) is 11.4 Å². The second-order valence-corrected chi connectivity index (χ2v) is 4.62. The highest BCUT2D eigenvalue weighted by Crippen LogP contribution is 2.22. The van der Waals surface area contributed by atoms with Crippen molar-refractivity contribution < 1.29 is 29.5 Å². The zero-order chi connectivity index (χ0) is 15.3. The lowest BCUT2D eigenvalue weighted by atomic mass is 10.1. The van der Waals surface area contributed by atoms with E-state index >= 15 is 0 Å². The largest absolute Gasteiger partial charge is 0.481 e. The highest BCUT2D eigenvalue weighted by Gasteiger charge is 2.23. The van der Waals surface area contributed by atoms with Crippen LogP contribution in [0.2, 0.25) is 0 Å². The Hall–Kier alpha value is -2.49. The lowest BCUT2D eigenvalue weighted by Crippen LogP contribution is -2.40. The van der Waals surface area contributed by atoms with Crippen molar-refractivity contribution in [1.82, 2.24) is 5.32 Å². The van der Waals surface area contributed by atoms with Crippen LogP contribution in [0.1, 0.15) is 23.2 Å². The van der Waals surface area contributed by atoms with E-state index < -0.39 is 35.2 Å². The lowest BCUT2D eigenvalue weighted by molar-refractivity contribution is -0.380. The molecule has 0 aliphatic heterocycles. The number of carbonyl (C=O) groups is 3. The fraction of sp³-hybridized carbons (Fsp3) is 0.300. The van der Waals surface area contributed by atoms with Crippen LogP contribution in [0, 0.1) is 10.1 Å². The third kappa shape index (κ3) is 4.31. The average Bonchev–Trinajstić information content (AvgIpc) is 2.83. The zero-order valence-electron chi connectivity index (χ0n) is 9.94. The topological polar surface area (TPSA) is 147 Å². The molecule has 0 saturated carbocycles. The summed E-state index contributed by atoms with van der Waals surface area (Å²) in [5.74, 6) is -3.35. The number of carboxylic acids is 2. The molecule has 10 heteroatoms. The molecule has 1 amide bonds. The van der Waals surface area contributed by atoms with E-state index in [0.717, 1.165) is 17.4 Å². The van der Waals surface area contributed by atoms with E-state index in [1.54, 1.807) is 0 Å². The summed E-state index contributed by atoms with van der Waals surface area (Å²) >= 11 is 0.738. The summed E-state index contributed by atoms with van der Waals surface area (Å²) in [7, 11) is 0. The van der Waals surface area contributed by atoms with Crippen molar-refractivity contribution in [2.24, 2.45) is 0 Å². The van der Waals surface area contributed by atoms with E-state index in [-0.39, 0.29) is 17.0 Å². The van der Waals surface area contributed by atoms with Crippen LogP contribution >= 0.6 is 11.3 Å². The van der Waals surface area contributed by atoms with E-state index in [1.165, 1.54) is 5.38 Å². The maximum Gasteiger partial charge on any atom is 0.326 e. The Labute approximate surface area is 116 Å². The van der Waals surface area contributed by atoms with Crippen LogP contribution in [0.25, 0.3) is 0 Å². The Morgan fingerprint density at radius 1 is 1.40 bits per heavy atom. The smallest absolute Gasteiger partial charge is 0.326 e. The molecule has 1 aromatic rings. The van der Waals surface area contributed by atoms with Crippen molar-refractivity contribution in [3.05, 3.63) is 27.1 Å². The number of nitrogens with zero attached hydrogens (tertiary/aromatic N) is 1. The SMILES string of the molecule is O=C(O)CCC(NC(=O)c1csc([N+](=O)[O-])c1)C(=O)O. The summed E-state index contributed by atoms with van der Waals surface area (Å²) in [5.41, 5.74) is -0.0386. The Morgan fingerprint density at radius 3 is 2.50 bits per heavy atom. The van der Waals surface area contributed by atoms with Crippen molar-refractivity contribution >= 4 is 34.2 Å². The monoisotopic (exact) mass is 302 g/mol. The third-order valence-electron chi connectivity index (χ3n) is 2.28. The number of hydrogen-bond donors (Lipinski definition) is 3. The number of hydrogen-bond acceptors (Lipinski definition) is 6. The fourth-order valence-electron chi connectivity index (χ4n) is 1.31. The molecule has 1 aromatic heterocycles. The van der Waals surface area contributed by atoms with Gasteiger partial charge in [0.2, 0.25) is 0 Å². The van der Waals surface area contributed by atoms with Crippen molar-refractivity contribution in [1.29, 1.82) is 0 Å². The van der Waals surface area contributed by atoms with Crippen LogP contribution in [0.5, 0.6) is 0 Å². The van der Waals surface area contributed by atoms with Gasteiger partial charge in [-0.3, -0.25) is 19.7 Å². The molecule has 0 spiro atoms. The van der Waals surface area contributed by atoms with Gasteiger partial charge in [-0.2, -0.15) is 0 Å². The standard InChI is InChI=1S/C10H10N2O7S/c13-8(14)2-1-6(10(16)17)11-9(15)5-3-7(12(18)19)20-4-5/h3-4,6H,1-2H2,(H,11,15)(H,13,14)(H,16,17). The summed E-state index contributed by atoms with van der Waals surface area (Å²) in [6.45, 7) is 0. The van der Waals surface area contributed by atoms with Gasteiger partial charge in [0, 0.05) is 17.9 Å². The molecular formula is C10H10N2O7S. The lowest BCUT2D eigenvalue weighted by Gasteiger charge is -2.12. The number of amides is 1. The van der Waals surface area contributed by atoms with Gasteiger partial charge < -0.3 is 15.5 Å². The van der Waals surface area contributed by atoms with Crippen molar-refractivity contribution in [3.63, 3.8) is 0 Å². The van der Waals surface area contributed by atoms with E-state index in [0.29, 0.717) is 0 Å². The molecule has 3 N–H and O–H groups in total. The quantitative estimate of drug-likeness (QED) is 0.496. The summed E-state index contributed by atoms with van der Waals surface area (Å²) < 4.78 is 0. The van der Waals surface area contributed by atoms with Gasteiger partial charge in [0.05, 0.1) is 10.5 Å². The zero-order valence-corrected chi connectivity index (χ0v) is 10.8. The number of nitrogens with one attached hydrogen (secondary N) is 1. The predicted molar refractivity (Wildman–Crippen MR) is 66.7 cm³/mol. The van der Waals surface area contributed by atoms with Crippen molar-refractivity contribution in [3.8, 4) is 0 Å². The second kappa shape index (κ2) is 6.61. The first kappa shape index (κ1) is 15.6. The summed E-state index contributed by atoms with van der Waals surface area (Å²) in [4.78, 5) is 42.8. The molecule has 9 nitrogen and oxygen atoms in total. The number of carbonyl (C=O) groups excluding carboxylic acids is 1. The molecule has 1 heterocycles. The van der Waals surface area contributed by atoms with Crippen LogP contribution in [-0.2, 0) is 9.59 Å². The van der Waals surface area contributed by atoms with Crippen molar-refractivity contribution in [2.75, 3.05) is 0 Å². The maximum atomic E-state index is 11.7. The normalized spacial score (nSPS) is 11.6. The van der Waals surface area contributed by atoms with Gasteiger partial charge >= 0.3 is 16.9 Å². The Bertz CT molecular complexity index is 554. The first-order valence-electron chi connectivity index (χ1n) is 5.29. The van der Waals surface area contributed by atoms with E-state index in [9.17, 15) is 24.5 Å². The first-order chi connectivity index (χ1) is 9.31. The van der Waals surface area contributed by atoms with Gasteiger partial charge in [0.25, 0.3) is 5.91 Å². The molecule has 1 unspecified atom stereocenters. The number of nitro groups is 1. The molecule has 0 radical (unpaired) electrons. The second-order valence-electron chi connectivity index (χ2n) is 3.73. The summed E-state index contributed by atoms with van der Waals surface area (Å²) in [6, 6.07) is -0.339. The number of thiophene rings is 1. The van der Waals surface area contributed by atoms with Gasteiger partial charge in [-0.25, -0.2) is 4.79 Å². The highest BCUT2D eigenvalue weighted by molar-refractivity contribution is 7.13. The average molecular weight is 302 g/mol. The third-order valence-corrected chi connectivity index (χ3v) is 3.16. The van der Waals surface area contributed by atoms with Gasteiger partial charge in [0.1, 0.15) is 6.04 Å². The van der Waals surface area contributed by atoms with Crippen molar-refractivity contribution in [2.45, 2.75) is 18.9 Å². The van der Waals surface area contributed by atoms with Crippen LogP contribution in [0.4, 0.5) is 5.00 Å². The molecule has 0 fully saturated rings. The molecule has 0 aliphatic carbocycles. The first-order valence-corrected chi connectivity index (χ1v) is 6.17. The van der Waals surface area contributed by atoms with E-state index in [1.807, 2.05) is 0 Å². The number of aliphatic carboxylic acids is 2. The minimum atomic E-state index is -1.37. The predicted octanol–water partition coefficient (Wildman–Crippen LogP) is 0.704. The number of carboxylic acid groups (broad SMARTS) is 2. The molecule has 20 heavy (non-hydrogen) atoms. The molecule has 0 aliphatic rings. The Morgan fingerprint density at radius 2 is 2.05 bits per heavy atom. The molecule has 1 rings (SSSR count). The Kier molecular flexibility index (Phi) is 5.15. The van der Waals surface area contributed by atoms with Crippen LogP contribution in [-0.4, -0.2) is 39.0 Å². The molecule has 0 aromatic carbocycles. The minimum Gasteiger partial charge on any atom is -0.481 e. The van der Waals surface area contributed by atoms with Gasteiger partial charge in [-0.1, -0.05) is 11.3 Å². The summed E-state index contributed by atoms with van der Waals surface area (Å²) in [6.07, 6.45) is -0.691. The van der Waals surface area contributed by atoms with Gasteiger partial charge in [-0.15, -0.1) is 0 Å². The molecule has 1 atom stereocenters. The van der Waals surface area contributed by atoms with Gasteiger partial charge in [0.15, 0.2) is 0 Å². The van der Waals surface area contributed by atoms with E-state index in [4.69, 9.17) is 10.2 Å².